The lowest BCUT2D eigenvalue weighted by atomic mass is 9.89. The van der Waals surface area contributed by atoms with Crippen LogP contribution in [0.15, 0.2) is 4.42 Å². The first-order valence-electron chi connectivity index (χ1n) is 6.34. The maximum atomic E-state index is 11.6. The van der Waals surface area contributed by atoms with E-state index in [1.807, 2.05) is 6.07 Å². The molecule has 1 aliphatic carbocycles. The molecule has 5 heteroatoms. The summed E-state index contributed by atoms with van der Waals surface area (Å²) in [5.41, 5.74) is 0.0361. The van der Waals surface area contributed by atoms with Gasteiger partial charge in [-0.05, 0) is 19.8 Å². The normalized spacial score (nSPS) is 16.2. The lowest BCUT2D eigenvalue weighted by Gasteiger charge is -2.17. The minimum Gasteiger partial charge on any atom is -0.460 e. The van der Waals surface area contributed by atoms with Crippen LogP contribution in [0.3, 0.4) is 0 Å². The summed E-state index contributed by atoms with van der Waals surface area (Å²) in [5.74, 6) is 0.0758. The molecule has 5 nitrogen and oxygen atoms in total. The van der Waals surface area contributed by atoms with Crippen LogP contribution in [0.25, 0.3) is 0 Å². The van der Waals surface area contributed by atoms with E-state index in [1.165, 1.54) is 6.42 Å². The second kappa shape index (κ2) is 5.67. The van der Waals surface area contributed by atoms with E-state index in [-0.39, 0.29) is 24.0 Å². The average molecular weight is 248 g/mol. The van der Waals surface area contributed by atoms with Crippen LogP contribution in [0.1, 0.15) is 67.1 Å². The van der Waals surface area contributed by atoms with Crippen molar-refractivity contribution in [2.75, 3.05) is 6.61 Å². The summed E-state index contributed by atoms with van der Waals surface area (Å²) >= 11 is 0. The van der Waals surface area contributed by atoms with Gasteiger partial charge >= 0.3 is 5.97 Å². The van der Waals surface area contributed by atoms with Gasteiger partial charge in [0.1, 0.15) is 6.07 Å². The number of rotatable bonds is 3. The van der Waals surface area contributed by atoms with Crippen molar-refractivity contribution >= 4 is 5.97 Å². The Hall–Kier alpha value is -1.83. The van der Waals surface area contributed by atoms with Crippen LogP contribution in [0.5, 0.6) is 0 Å². The van der Waals surface area contributed by atoms with Crippen molar-refractivity contribution in [2.24, 2.45) is 0 Å². The molecule has 0 saturated heterocycles. The maximum Gasteiger partial charge on any atom is 0.377 e. The zero-order valence-electron chi connectivity index (χ0n) is 10.4. The second-order valence-corrected chi connectivity index (χ2v) is 4.40. The van der Waals surface area contributed by atoms with E-state index in [1.54, 1.807) is 6.92 Å². The number of aromatic nitrogens is 1. The van der Waals surface area contributed by atoms with Gasteiger partial charge in [-0.2, -0.15) is 5.26 Å². The number of hydrogen-bond donors (Lipinski definition) is 0. The third-order valence-electron chi connectivity index (χ3n) is 3.16. The van der Waals surface area contributed by atoms with Crippen LogP contribution < -0.4 is 0 Å². The van der Waals surface area contributed by atoms with Gasteiger partial charge in [0.25, 0.3) is 0 Å². The van der Waals surface area contributed by atoms with Crippen molar-refractivity contribution < 1.29 is 13.9 Å². The molecule has 2 rings (SSSR count). The van der Waals surface area contributed by atoms with Gasteiger partial charge in [0.15, 0.2) is 11.6 Å². The number of esters is 1. The molecule has 0 radical (unpaired) electrons. The first-order chi connectivity index (χ1) is 8.76. The number of nitriles is 1. The summed E-state index contributed by atoms with van der Waals surface area (Å²) in [7, 11) is 0. The summed E-state index contributed by atoms with van der Waals surface area (Å²) in [6.45, 7) is 1.96. The van der Waals surface area contributed by atoms with Gasteiger partial charge in [0.05, 0.1) is 6.61 Å². The van der Waals surface area contributed by atoms with E-state index in [9.17, 15) is 4.79 Å². The zero-order chi connectivity index (χ0) is 13.0. The van der Waals surface area contributed by atoms with E-state index in [4.69, 9.17) is 14.4 Å². The van der Waals surface area contributed by atoms with Gasteiger partial charge in [-0.1, -0.05) is 19.3 Å². The standard InChI is InChI=1S/C13H16N2O3/c1-2-17-13(16)11-10(8-14)15-12(18-11)9-6-4-3-5-7-9/h9H,2-7H2,1H3. The molecule has 0 aromatic carbocycles. The third-order valence-corrected chi connectivity index (χ3v) is 3.16. The minimum atomic E-state index is -0.608. The number of oxazole rings is 1. The van der Waals surface area contributed by atoms with Crippen LogP contribution in [0.4, 0.5) is 0 Å². The third kappa shape index (κ3) is 2.53. The number of carbonyl (C=O) groups excluding carboxylic acids is 1. The Labute approximate surface area is 106 Å². The highest BCUT2D eigenvalue weighted by molar-refractivity contribution is 5.88. The molecule has 1 saturated carbocycles. The fourth-order valence-corrected chi connectivity index (χ4v) is 2.27. The van der Waals surface area contributed by atoms with E-state index >= 15 is 0 Å². The van der Waals surface area contributed by atoms with Crippen molar-refractivity contribution in [3.05, 3.63) is 17.3 Å². The number of ether oxygens (including phenoxy) is 1. The predicted octanol–water partition coefficient (Wildman–Crippen LogP) is 2.77. The Kier molecular flexibility index (Phi) is 3.98. The molecule has 0 bridgehead atoms. The maximum absolute atomic E-state index is 11.6. The number of carbonyl (C=O) groups is 1. The van der Waals surface area contributed by atoms with E-state index in [2.05, 4.69) is 4.98 Å². The molecule has 1 aromatic rings. The van der Waals surface area contributed by atoms with E-state index < -0.39 is 5.97 Å². The molecule has 1 aliphatic rings. The lowest BCUT2D eigenvalue weighted by Crippen LogP contribution is -2.05. The Bertz CT molecular complexity index is 467. The Morgan fingerprint density at radius 1 is 1.50 bits per heavy atom. The smallest absolute Gasteiger partial charge is 0.377 e. The highest BCUT2D eigenvalue weighted by atomic mass is 16.5. The molecule has 0 amide bonds. The molecule has 1 fully saturated rings. The molecule has 0 unspecified atom stereocenters. The van der Waals surface area contributed by atoms with Gasteiger partial charge in [-0.25, -0.2) is 9.78 Å². The average Bonchev–Trinajstić information content (AvgIpc) is 2.84. The summed E-state index contributed by atoms with van der Waals surface area (Å²) in [6, 6.07) is 1.89. The lowest BCUT2D eigenvalue weighted by molar-refractivity contribution is 0.0486. The minimum absolute atomic E-state index is 0.0361. The number of nitrogens with zero attached hydrogens (tertiary/aromatic N) is 2. The highest BCUT2D eigenvalue weighted by Crippen LogP contribution is 2.33. The van der Waals surface area contributed by atoms with Crippen LogP contribution in [0, 0.1) is 11.3 Å². The zero-order valence-corrected chi connectivity index (χ0v) is 10.4. The molecule has 0 spiro atoms. The van der Waals surface area contributed by atoms with Crippen molar-refractivity contribution in [1.29, 1.82) is 5.26 Å². The molecule has 0 atom stereocenters. The van der Waals surface area contributed by atoms with Crippen molar-refractivity contribution in [3.8, 4) is 6.07 Å². The summed E-state index contributed by atoms with van der Waals surface area (Å²) in [6.07, 6.45) is 5.53. The first kappa shape index (κ1) is 12.6. The molecule has 18 heavy (non-hydrogen) atoms. The Balaban J connectivity index is 2.23. The quantitative estimate of drug-likeness (QED) is 0.769. The van der Waals surface area contributed by atoms with Crippen molar-refractivity contribution in [2.45, 2.75) is 44.9 Å². The van der Waals surface area contributed by atoms with Crippen LogP contribution in [0.2, 0.25) is 0 Å². The summed E-state index contributed by atoms with van der Waals surface area (Å²) in [5, 5.41) is 8.97. The SMILES string of the molecule is CCOC(=O)c1oc(C2CCCCC2)nc1C#N. The number of hydrogen-bond acceptors (Lipinski definition) is 5. The fraction of sp³-hybridized carbons (Fsp3) is 0.615. The highest BCUT2D eigenvalue weighted by Gasteiger charge is 2.26. The molecular weight excluding hydrogens is 232 g/mol. The molecule has 1 heterocycles. The second-order valence-electron chi connectivity index (χ2n) is 4.40. The summed E-state index contributed by atoms with van der Waals surface area (Å²) in [4.78, 5) is 15.7. The topological polar surface area (TPSA) is 76.1 Å². The fourth-order valence-electron chi connectivity index (χ4n) is 2.27. The van der Waals surface area contributed by atoms with Crippen LogP contribution in [-0.2, 0) is 4.74 Å². The van der Waals surface area contributed by atoms with Gasteiger partial charge in [0.2, 0.25) is 5.76 Å². The van der Waals surface area contributed by atoms with Crippen molar-refractivity contribution in [3.63, 3.8) is 0 Å². The van der Waals surface area contributed by atoms with Crippen LogP contribution in [-0.4, -0.2) is 17.6 Å². The van der Waals surface area contributed by atoms with Gasteiger partial charge in [0, 0.05) is 5.92 Å². The molecular formula is C13H16N2O3. The molecule has 1 aromatic heterocycles. The Morgan fingerprint density at radius 3 is 2.83 bits per heavy atom. The molecule has 0 aliphatic heterocycles. The van der Waals surface area contributed by atoms with Gasteiger partial charge < -0.3 is 9.15 Å². The van der Waals surface area contributed by atoms with E-state index in [0.717, 1.165) is 25.7 Å². The first-order valence-corrected chi connectivity index (χ1v) is 6.34. The Morgan fingerprint density at radius 2 is 2.22 bits per heavy atom. The summed E-state index contributed by atoms with van der Waals surface area (Å²) < 4.78 is 10.3. The van der Waals surface area contributed by atoms with E-state index in [0.29, 0.717) is 5.89 Å². The molecule has 0 N–H and O–H groups in total. The van der Waals surface area contributed by atoms with Gasteiger partial charge in [-0.15, -0.1) is 0 Å². The van der Waals surface area contributed by atoms with Crippen LogP contribution >= 0.6 is 0 Å². The largest absolute Gasteiger partial charge is 0.460 e. The van der Waals surface area contributed by atoms with Gasteiger partial charge in [-0.3, -0.25) is 0 Å². The predicted molar refractivity (Wildman–Crippen MR) is 63.0 cm³/mol. The van der Waals surface area contributed by atoms with Crippen molar-refractivity contribution in [1.82, 2.24) is 4.98 Å². The molecule has 96 valence electrons. The monoisotopic (exact) mass is 248 g/mol.